The number of hydrogen-bond acceptors (Lipinski definition) is 5. The molecule has 0 unspecified atom stereocenters. The van der Waals surface area contributed by atoms with Crippen molar-refractivity contribution >= 4 is 21.8 Å². The van der Waals surface area contributed by atoms with Gasteiger partial charge in [0, 0.05) is 38.2 Å². The molecule has 1 aliphatic rings. The first-order valence-electron chi connectivity index (χ1n) is 10.1. The van der Waals surface area contributed by atoms with E-state index in [2.05, 4.69) is 15.6 Å². The van der Waals surface area contributed by atoms with Crippen LogP contribution < -0.4 is 10.6 Å². The van der Waals surface area contributed by atoms with Crippen LogP contribution in [0.2, 0.25) is 0 Å². The van der Waals surface area contributed by atoms with Gasteiger partial charge < -0.3 is 10.6 Å². The third-order valence-electron chi connectivity index (χ3n) is 5.12. The van der Waals surface area contributed by atoms with Gasteiger partial charge in [0.2, 0.25) is 21.8 Å². The van der Waals surface area contributed by atoms with Crippen molar-refractivity contribution in [1.82, 2.24) is 19.9 Å². The number of carbonyl (C=O) groups excluding carboxylic acids is 2. The average Bonchev–Trinajstić information content (AvgIpc) is 2.78. The molecule has 0 saturated carbocycles. The second-order valence-corrected chi connectivity index (χ2v) is 9.21. The van der Waals surface area contributed by atoms with Gasteiger partial charge >= 0.3 is 0 Å². The number of hydrogen-bond donors (Lipinski definition) is 2. The maximum Gasteiger partial charge on any atom is 0.243 e. The van der Waals surface area contributed by atoms with Crippen LogP contribution in [0.1, 0.15) is 25.0 Å². The summed E-state index contributed by atoms with van der Waals surface area (Å²) in [6, 6.07) is 10.1. The summed E-state index contributed by atoms with van der Waals surface area (Å²) in [7, 11) is -3.71. The minimum Gasteiger partial charge on any atom is -0.355 e. The number of nitrogens with zero attached hydrogens (tertiary/aromatic N) is 2. The summed E-state index contributed by atoms with van der Waals surface area (Å²) in [5, 5.41) is 5.49. The molecular weight excluding hydrogens is 423 g/mol. The lowest BCUT2D eigenvalue weighted by Gasteiger charge is -2.30. The highest BCUT2D eigenvalue weighted by atomic mass is 32.2. The fraction of sp³-hybridized carbons (Fsp3) is 0.381. The molecule has 0 spiro atoms. The molecule has 2 N–H and O–H groups in total. The Balaban J connectivity index is 1.39. The van der Waals surface area contributed by atoms with E-state index >= 15 is 0 Å². The van der Waals surface area contributed by atoms with E-state index in [1.807, 2.05) is 12.1 Å². The predicted octanol–water partition coefficient (Wildman–Crippen LogP) is 1.44. The molecule has 8 nitrogen and oxygen atoms in total. The standard InChI is InChI=1S/C21H25FN4O4S/c22-17-4-6-19(7-5-17)31(29,30)26-13-9-16(10-14-26)21(28)24-12-8-20(27)25-15-18-3-1-2-11-23-18/h1-7,11,16H,8-10,12-15H2,(H,24,28)(H,25,27). The second kappa shape index (κ2) is 10.5. The summed E-state index contributed by atoms with van der Waals surface area (Å²) in [6.07, 6.45) is 2.57. The number of halogens is 1. The minimum atomic E-state index is -3.71. The number of pyridine rings is 1. The summed E-state index contributed by atoms with van der Waals surface area (Å²) < 4.78 is 39.6. The van der Waals surface area contributed by atoms with Crippen molar-refractivity contribution in [3.05, 3.63) is 60.2 Å². The first-order valence-corrected chi connectivity index (χ1v) is 11.5. The summed E-state index contributed by atoms with van der Waals surface area (Å²) in [6.45, 7) is 0.959. The third kappa shape index (κ3) is 6.31. The zero-order valence-electron chi connectivity index (χ0n) is 17.0. The molecule has 0 atom stereocenters. The Morgan fingerprint density at radius 3 is 2.42 bits per heavy atom. The molecule has 0 radical (unpaired) electrons. The first-order chi connectivity index (χ1) is 14.9. The molecule has 1 aromatic heterocycles. The molecule has 2 aromatic rings. The number of sulfonamides is 1. The van der Waals surface area contributed by atoms with Crippen LogP contribution >= 0.6 is 0 Å². The van der Waals surface area contributed by atoms with Crippen molar-refractivity contribution in [3.8, 4) is 0 Å². The predicted molar refractivity (Wildman–Crippen MR) is 112 cm³/mol. The number of benzene rings is 1. The van der Waals surface area contributed by atoms with Crippen LogP contribution in [0, 0.1) is 11.7 Å². The third-order valence-corrected chi connectivity index (χ3v) is 7.03. The number of piperidine rings is 1. The summed E-state index contributed by atoms with van der Waals surface area (Å²) in [5.74, 6) is -1.18. The number of amides is 2. The lowest BCUT2D eigenvalue weighted by Crippen LogP contribution is -2.43. The Morgan fingerprint density at radius 2 is 1.77 bits per heavy atom. The number of aromatic nitrogens is 1. The van der Waals surface area contributed by atoms with E-state index in [1.54, 1.807) is 12.3 Å². The van der Waals surface area contributed by atoms with Gasteiger partial charge in [-0.25, -0.2) is 12.8 Å². The molecule has 1 fully saturated rings. The summed E-state index contributed by atoms with van der Waals surface area (Å²) >= 11 is 0. The van der Waals surface area contributed by atoms with Crippen molar-refractivity contribution in [3.63, 3.8) is 0 Å². The summed E-state index contributed by atoms with van der Waals surface area (Å²) in [5.41, 5.74) is 0.752. The largest absolute Gasteiger partial charge is 0.355 e. The van der Waals surface area contributed by atoms with Gasteiger partial charge in [0.25, 0.3) is 0 Å². The Hall–Kier alpha value is -2.85. The fourth-order valence-electron chi connectivity index (χ4n) is 3.34. The maximum atomic E-state index is 13.0. The van der Waals surface area contributed by atoms with Crippen LogP contribution in [0.3, 0.4) is 0 Å². The fourth-order valence-corrected chi connectivity index (χ4v) is 4.81. The Bertz CT molecular complexity index is 992. The highest BCUT2D eigenvalue weighted by molar-refractivity contribution is 7.89. The van der Waals surface area contributed by atoms with Crippen molar-refractivity contribution in [1.29, 1.82) is 0 Å². The van der Waals surface area contributed by atoms with E-state index in [1.165, 1.54) is 16.4 Å². The molecule has 0 aliphatic carbocycles. The zero-order chi connectivity index (χ0) is 22.3. The molecule has 31 heavy (non-hydrogen) atoms. The normalized spacial score (nSPS) is 15.4. The molecule has 166 valence electrons. The van der Waals surface area contributed by atoms with Gasteiger partial charge in [-0.3, -0.25) is 14.6 Å². The molecule has 1 saturated heterocycles. The van der Waals surface area contributed by atoms with E-state index in [9.17, 15) is 22.4 Å². The molecular formula is C21H25FN4O4S. The van der Waals surface area contributed by atoms with Crippen LogP contribution in [-0.2, 0) is 26.2 Å². The van der Waals surface area contributed by atoms with Crippen molar-refractivity contribution in [2.24, 2.45) is 5.92 Å². The molecule has 1 aromatic carbocycles. The maximum absolute atomic E-state index is 13.0. The van der Waals surface area contributed by atoms with Crippen LogP contribution in [-0.4, -0.2) is 49.2 Å². The zero-order valence-corrected chi connectivity index (χ0v) is 17.8. The van der Waals surface area contributed by atoms with Gasteiger partial charge in [0.15, 0.2) is 0 Å². The van der Waals surface area contributed by atoms with E-state index in [0.29, 0.717) is 19.4 Å². The first kappa shape index (κ1) is 22.8. The van der Waals surface area contributed by atoms with Crippen LogP contribution in [0.25, 0.3) is 0 Å². The van der Waals surface area contributed by atoms with Crippen LogP contribution in [0.5, 0.6) is 0 Å². The Kier molecular flexibility index (Phi) is 7.69. The quantitative estimate of drug-likeness (QED) is 0.635. The Labute approximate surface area is 180 Å². The SMILES string of the molecule is O=C(CCNC(=O)C1CCN(S(=O)(=O)c2ccc(F)cc2)CC1)NCc1ccccn1. The lowest BCUT2D eigenvalue weighted by molar-refractivity contribution is -0.126. The van der Waals surface area contributed by atoms with Crippen LogP contribution in [0.15, 0.2) is 53.6 Å². The van der Waals surface area contributed by atoms with Gasteiger partial charge in [-0.15, -0.1) is 0 Å². The minimum absolute atomic E-state index is 0.0357. The lowest BCUT2D eigenvalue weighted by atomic mass is 9.97. The van der Waals surface area contributed by atoms with Gasteiger partial charge in [0.1, 0.15) is 5.82 Å². The molecule has 2 heterocycles. The van der Waals surface area contributed by atoms with Crippen molar-refractivity contribution < 1.29 is 22.4 Å². The van der Waals surface area contributed by atoms with E-state index < -0.39 is 15.8 Å². The molecule has 1 aliphatic heterocycles. The molecule has 0 bridgehead atoms. The van der Waals surface area contributed by atoms with Crippen molar-refractivity contribution in [2.75, 3.05) is 19.6 Å². The van der Waals surface area contributed by atoms with Crippen molar-refractivity contribution in [2.45, 2.75) is 30.7 Å². The van der Waals surface area contributed by atoms with E-state index in [0.717, 1.165) is 17.8 Å². The van der Waals surface area contributed by atoms with E-state index in [-0.39, 0.29) is 48.7 Å². The monoisotopic (exact) mass is 448 g/mol. The van der Waals surface area contributed by atoms with Gasteiger partial charge in [-0.1, -0.05) is 6.07 Å². The van der Waals surface area contributed by atoms with E-state index in [4.69, 9.17) is 0 Å². The number of rotatable bonds is 8. The molecule has 2 amide bonds. The van der Waals surface area contributed by atoms with Gasteiger partial charge in [0.05, 0.1) is 17.1 Å². The highest BCUT2D eigenvalue weighted by Crippen LogP contribution is 2.24. The smallest absolute Gasteiger partial charge is 0.243 e. The second-order valence-electron chi connectivity index (χ2n) is 7.27. The summed E-state index contributed by atoms with van der Waals surface area (Å²) in [4.78, 5) is 28.4. The van der Waals surface area contributed by atoms with Crippen LogP contribution in [0.4, 0.5) is 4.39 Å². The average molecular weight is 449 g/mol. The van der Waals surface area contributed by atoms with Gasteiger partial charge in [-0.05, 0) is 49.2 Å². The van der Waals surface area contributed by atoms with Gasteiger partial charge in [-0.2, -0.15) is 4.31 Å². The number of nitrogens with one attached hydrogen (secondary N) is 2. The molecule has 10 heteroatoms. The highest BCUT2D eigenvalue weighted by Gasteiger charge is 2.32. The molecule has 3 rings (SSSR count). The number of carbonyl (C=O) groups is 2. The Morgan fingerprint density at radius 1 is 1.06 bits per heavy atom. The topological polar surface area (TPSA) is 108 Å².